The molecule has 1 N–H and O–H groups in total. The van der Waals surface area contributed by atoms with Crippen LogP contribution < -0.4 is 5.32 Å². The molecule has 0 spiro atoms. The summed E-state index contributed by atoms with van der Waals surface area (Å²) in [7, 11) is 0. The number of rotatable bonds is 3. The molecule has 2 heterocycles. The molecule has 2 aromatic carbocycles. The van der Waals surface area contributed by atoms with Crippen molar-refractivity contribution in [2.75, 3.05) is 18.5 Å². The third-order valence-corrected chi connectivity index (χ3v) is 4.88. The zero-order valence-electron chi connectivity index (χ0n) is 13.2. The fourth-order valence-corrected chi connectivity index (χ4v) is 3.52. The first-order chi connectivity index (χ1) is 11.7. The van der Waals surface area contributed by atoms with Crippen molar-refractivity contribution in [2.45, 2.75) is 25.1 Å². The van der Waals surface area contributed by atoms with Gasteiger partial charge in [-0.15, -0.1) is 0 Å². The second kappa shape index (κ2) is 6.46. The van der Waals surface area contributed by atoms with Crippen LogP contribution in [0.1, 0.15) is 34.9 Å². The lowest BCUT2D eigenvalue weighted by molar-refractivity contribution is 0.0427. The monoisotopic (exact) mass is 342 g/mol. The van der Waals surface area contributed by atoms with Crippen molar-refractivity contribution in [2.24, 2.45) is 0 Å². The van der Waals surface area contributed by atoms with Crippen molar-refractivity contribution in [3.05, 3.63) is 64.7 Å². The molecule has 0 unspecified atom stereocenters. The Labute approximate surface area is 146 Å². The number of nitrogens with zero attached hydrogens (tertiary/aromatic N) is 1. The molecule has 2 aliphatic heterocycles. The SMILES string of the molecule is O=C1c2ccccc2N[C@H](c2ccc(Cl)cc2)N1C[C@@H]1CCCO1. The number of fused-ring (bicyclic) bond motifs is 1. The lowest BCUT2D eigenvalue weighted by atomic mass is 10.0. The van der Waals surface area contributed by atoms with Gasteiger partial charge in [-0.05, 0) is 42.7 Å². The number of carbonyl (C=O) groups is 1. The van der Waals surface area contributed by atoms with E-state index in [1.807, 2.05) is 53.4 Å². The Kier molecular flexibility index (Phi) is 4.17. The highest BCUT2D eigenvalue weighted by atomic mass is 35.5. The second-order valence-corrected chi connectivity index (χ2v) is 6.67. The van der Waals surface area contributed by atoms with Gasteiger partial charge in [0.2, 0.25) is 0 Å². The zero-order valence-corrected chi connectivity index (χ0v) is 14.0. The quantitative estimate of drug-likeness (QED) is 0.913. The molecule has 5 heteroatoms. The van der Waals surface area contributed by atoms with Crippen LogP contribution in [0.2, 0.25) is 5.02 Å². The summed E-state index contributed by atoms with van der Waals surface area (Å²) in [5, 5.41) is 4.18. The highest BCUT2D eigenvalue weighted by Gasteiger charge is 2.35. The molecule has 2 aliphatic rings. The predicted molar refractivity (Wildman–Crippen MR) is 94.3 cm³/mol. The number of amides is 1. The van der Waals surface area contributed by atoms with E-state index in [4.69, 9.17) is 16.3 Å². The van der Waals surface area contributed by atoms with Crippen LogP contribution >= 0.6 is 11.6 Å². The van der Waals surface area contributed by atoms with E-state index in [0.717, 1.165) is 30.7 Å². The first kappa shape index (κ1) is 15.5. The van der Waals surface area contributed by atoms with Crippen LogP contribution in [0.3, 0.4) is 0 Å². The maximum atomic E-state index is 13.1. The predicted octanol–water partition coefficient (Wildman–Crippen LogP) is 4.09. The summed E-state index contributed by atoms with van der Waals surface area (Å²) < 4.78 is 5.75. The third-order valence-electron chi connectivity index (χ3n) is 4.63. The molecule has 124 valence electrons. The van der Waals surface area contributed by atoms with E-state index in [-0.39, 0.29) is 18.2 Å². The molecule has 24 heavy (non-hydrogen) atoms. The topological polar surface area (TPSA) is 41.6 Å². The van der Waals surface area contributed by atoms with Gasteiger partial charge in [-0.25, -0.2) is 0 Å². The lowest BCUT2D eigenvalue weighted by Crippen LogP contribution is -2.46. The Balaban J connectivity index is 1.70. The van der Waals surface area contributed by atoms with Crippen molar-refractivity contribution in [1.29, 1.82) is 0 Å². The molecule has 0 radical (unpaired) electrons. The molecule has 0 aromatic heterocycles. The number of hydrogen-bond acceptors (Lipinski definition) is 3. The van der Waals surface area contributed by atoms with Crippen LogP contribution in [-0.4, -0.2) is 30.1 Å². The summed E-state index contributed by atoms with van der Waals surface area (Å²) in [4.78, 5) is 14.9. The molecule has 2 atom stereocenters. The lowest BCUT2D eigenvalue weighted by Gasteiger charge is -2.39. The van der Waals surface area contributed by atoms with Gasteiger partial charge in [0.25, 0.3) is 5.91 Å². The third kappa shape index (κ3) is 2.87. The summed E-state index contributed by atoms with van der Waals surface area (Å²) in [6.07, 6.45) is 1.95. The molecule has 4 nitrogen and oxygen atoms in total. The van der Waals surface area contributed by atoms with Crippen molar-refractivity contribution >= 4 is 23.2 Å². The van der Waals surface area contributed by atoms with Crippen LogP contribution in [0.25, 0.3) is 0 Å². The minimum absolute atomic E-state index is 0.0415. The maximum absolute atomic E-state index is 13.1. The fraction of sp³-hybridized carbons (Fsp3) is 0.316. The molecule has 0 bridgehead atoms. The average molecular weight is 343 g/mol. The van der Waals surface area contributed by atoms with Crippen LogP contribution in [-0.2, 0) is 4.74 Å². The average Bonchev–Trinajstić information content (AvgIpc) is 3.11. The van der Waals surface area contributed by atoms with Crippen LogP contribution in [0.15, 0.2) is 48.5 Å². The van der Waals surface area contributed by atoms with Gasteiger partial charge < -0.3 is 15.0 Å². The summed E-state index contributed by atoms with van der Waals surface area (Å²) in [6, 6.07) is 15.3. The summed E-state index contributed by atoms with van der Waals surface area (Å²) >= 11 is 6.01. The molecular weight excluding hydrogens is 324 g/mol. The van der Waals surface area contributed by atoms with E-state index >= 15 is 0 Å². The van der Waals surface area contributed by atoms with Gasteiger partial charge in [0.15, 0.2) is 0 Å². The van der Waals surface area contributed by atoms with Gasteiger partial charge in [0.1, 0.15) is 6.17 Å². The first-order valence-corrected chi connectivity index (χ1v) is 8.64. The van der Waals surface area contributed by atoms with E-state index in [2.05, 4.69) is 5.32 Å². The highest BCUT2D eigenvalue weighted by molar-refractivity contribution is 6.30. The van der Waals surface area contributed by atoms with Gasteiger partial charge in [-0.2, -0.15) is 0 Å². The summed E-state index contributed by atoms with van der Waals surface area (Å²) in [6.45, 7) is 1.37. The largest absolute Gasteiger partial charge is 0.376 e. The molecule has 4 rings (SSSR count). The second-order valence-electron chi connectivity index (χ2n) is 6.24. The molecule has 1 fully saturated rings. The highest BCUT2D eigenvalue weighted by Crippen LogP contribution is 2.34. The van der Waals surface area contributed by atoms with Crippen LogP contribution in [0, 0.1) is 0 Å². The van der Waals surface area contributed by atoms with Crippen LogP contribution in [0.4, 0.5) is 5.69 Å². The van der Waals surface area contributed by atoms with E-state index in [1.54, 1.807) is 0 Å². The molecule has 0 aliphatic carbocycles. The first-order valence-electron chi connectivity index (χ1n) is 8.26. The van der Waals surface area contributed by atoms with Gasteiger partial charge >= 0.3 is 0 Å². The van der Waals surface area contributed by atoms with Gasteiger partial charge in [0, 0.05) is 23.9 Å². The fourth-order valence-electron chi connectivity index (χ4n) is 3.40. The molecule has 1 saturated heterocycles. The number of ether oxygens (including phenoxy) is 1. The van der Waals surface area contributed by atoms with Crippen molar-refractivity contribution in [1.82, 2.24) is 4.90 Å². The summed E-state index contributed by atoms with van der Waals surface area (Å²) in [5.74, 6) is 0.0415. The number of carbonyl (C=O) groups excluding carboxylic acids is 1. The number of anilines is 1. The zero-order chi connectivity index (χ0) is 16.5. The Morgan fingerprint density at radius 2 is 1.96 bits per heavy atom. The molecule has 1 amide bonds. The summed E-state index contributed by atoms with van der Waals surface area (Å²) in [5.41, 5.74) is 2.59. The Bertz CT molecular complexity index is 741. The van der Waals surface area contributed by atoms with E-state index < -0.39 is 0 Å². The smallest absolute Gasteiger partial charge is 0.257 e. The van der Waals surface area contributed by atoms with E-state index in [1.165, 1.54) is 0 Å². The van der Waals surface area contributed by atoms with E-state index in [0.29, 0.717) is 17.1 Å². The van der Waals surface area contributed by atoms with Gasteiger partial charge in [0.05, 0.1) is 11.7 Å². The maximum Gasteiger partial charge on any atom is 0.257 e. The van der Waals surface area contributed by atoms with Gasteiger partial charge in [-0.3, -0.25) is 4.79 Å². The van der Waals surface area contributed by atoms with Crippen molar-refractivity contribution in [3.8, 4) is 0 Å². The van der Waals surface area contributed by atoms with Crippen molar-refractivity contribution < 1.29 is 9.53 Å². The Hall–Kier alpha value is -2.04. The standard InChI is InChI=1S/C19H19ClN2O2/c20-14-9-7-13(8-10-14)18-21-17-6-2-1-5-16(17)19(23)22(18)12-15-4-3-11-24-15/h1-2,5-10,15,18,21H,3-4,11-12H2/t15-,18-/m0/s1. The number of halogens is 1. The minimum Gasteiger partial charge on any atom is -0.376 e. The number of para-hydroxylation sites is 1. The van der Waals surface area contributed by atoms with E-state index in [9.17, 15) is 4.79 Å². The molecule has 2 aromatic rings. The van der Waals surface area contributed by atoms with Crippen molar-refractivity contribution in [3.63, 3.8) is 0 Å². The number of benzene rings is 2. The Morgan fingerprint density at radius 3 is 2.71 bits per heavy atom. The molecule has 0 saturated carbocycles. The minimum atomic E-state index is -0.214. The number of hydrogen-bond donors (Lipinski definition) is 1. The van der Waals surface area contributed by atoms with Gasteiger partial charge in [-0.1, -0.05) is 35.9 Å². The molecular formula is C19H19ClN2O2. The van der Waals surface area contributed by atoms with Crippen LogP contribution in [0.5, 0.6) is 0 Å². The Morgan fingerprint density at radius 1 is 1.17 bits per heavy atom. The normalized spacial score (nSPS) is 23.0. The number of nitrogens with one attached hydrogen (secondary N) is 1.